The molecule has 0 amide bonds. The van der Waals surface area contributed by atoms with Gasteiger partial charge in [-0.05, 0) is 36.2 Å². The summed E-state index contributed by atoms with van der Waals surface area (Å²) in [5.41, 5.74) is 1.85. The number of carbonyl (C=O) groups excluding carboxylic acids is 1. The Bertz CT molecular complexity index is 1080. The second-order valence-electron chi connectivity index (χ2n) is 7.31. The highest BCUT2D eigenvalue weighted by Gasteiger charge is 2.21. The molecule has 0 spiro atoms. The maximum absolute atomic E-state index is 12.7. The molecule has 0 bridgehead atoms. The molecule has 0 aliphatic heterocycles. The van der Waals surface area contributed by atoms with E-state index in [2.05, 4.69) is 0 Å². The minimum Gasteiger partial charge on any atom is -0.496 e. The zero-order valence-corrected chi connectivity index (χ0v) is 19.2. The minimum atomic E-state index is -0.778. The molecule has 7 heteroatoms. The summed E-state index contributed by atoms with van der Waals surface area (Å²) in [7, 11) is 6.17. The quantitative estimate of drug-likeness (QED) is 0.366. The Kier molecular flexibility index (Phi) is 8.16. The van der Waals surface area contributed by atoms with Crippen molar-refractivity contribution in [2.24, 2.45) is 0 Å². The Balaban J connectivity index is 1.87. The highest BCUT2D eigenvalue weighted by Crippen LogP contribution is 2.36. The molecule has 3 rings (SSSR count). The maximum atomic E-state index is 12.7. The molecule has 0 unspecified atom stereocenters. The Morgan fingerprint density at radius 3 is 2.06 bits per heavy atom. The summed E-state index contributed by atoms with van der Waals surface area (Å²) in [4.78, 5) is 12.7. The molecular formula is C26H28O7. The van der Waals surface area contributed by atoms with E-state index in [1.54, 1.807) is 56.7 Å². The highest BCUT2D eigenvalue weighted by atomic mass is 16.5. The molecule has 3 aromatic rings. The van der Waals surface area contributed by atoms with Gasteiger partial charge in [0.25, 0.3) is 0 Å². The molecule has 7 nitrogen and oxygen atoms in total. The summed E-state index contributed by atoms with van der Waals surface area (Å²) in [6.45, 7) is 0. The molecule has 1 N–H and O–H groups in total. The fourth-order valence-electron chi connectivity index (χ4n) is 3.51. The van der Waals surface area contributed by atoms with Crippen molar-refractivity contribution in [3.8, 4) is 28.7 Å². The maximum Gasteiger partial charge on any atom is 0.343 e. The number of esters is 1. The van der Waals surface area contributed by atoms with E-state index in [9.17, 15) is 9.90 Å². The molecule has 0 aliphatic rings. The molecule has 0 saturated heterocycles. The average molecular weight is 453 g/mol. The largest absolute Gasteiger partial charge is 0.496 e. The van der Waals surface area contributed by atoms with E-state index in [1.165, 1.54) is 14.2 Å². The molecular weight excluding hydrogens is 424 g/mol. The van der Waals surface area contributed by atoms with Crippen LogP contribution < -0.4 is 23.7 Å². The molecule has 0 saturated carbocycles. The number of hydrogen-bond donors (Lipinski definition) is 1. The topological polar surface area (TPSA) is 83.5 Å². The number of ether oxygens (including phenoxy) is 5. The molecule has 0 aliphatic carbocycles. The SMILES string of the molecule is COc1cc(OC)c(C[C@H](O)Cc2ccc(OC)c(OC)c2)c(OC(=O)c2ccccc2)c1. The van der Waals surface area contributed by atoms with Crippen LogP contribution >= 0.6 is 0 Å². The van der Waals surface area contributed by atoms with Gasteiger partial charge in [-0.25, -0.2) is 4.79 Å². The van der Waals surface area contributed by atoms with E-state index >= 15 is 0 Å². The Morgan fingerprint density at radius 2 is 1.42 bits per heavy atom. The van der Waals surface area contributed by atoms with Crippen LogP contribution in [0.25, 0.3) is 0 Å². The molecule has 174 valence electrons. The smallest absolute Gasteiger partial charge is 0.343 e. The predicted molar refractivity (Wildman–Crippen MR) is 124 cm³/mol. The number of rotatable bonds is 10. The molecule has 0 aromatic heterocycles. The normalized spacial score (nSPS) is 11.4. The zero-order chi connectivity index (χ0) is 23.8. The predicted octanol–water partition coefficient (Wildman–Crippen LogP) is 4.09. The monoisotopic (exact) mass is 452 g/mol. The average Bonchev–Trinajstić information content (AvgIpc) is 2.85. The van der Waals surface area contributed by atoms with E-state index in [1.807, 2.05) is 18.2 Å². The van der Waals surface area contributed by atoms with Gasteiger partial charge in [-0.2, -0.15) is 0 Å². The van der Waals surface area contributed by atoms with Crippen LogP contribution in [0.3, 0.4) is 0 Å². The van der Waals surface area contributed by atoms with E-state index < -0.39 is 12.1 Å². The number of aliphatic hydroxyl groups is 1. The zero-order valence-electron chi connectivity index (χ0n) is 19.2. The van der Waals surface area contributed by atoms with Gasteiger partial charge in [0, 0.05) is 24.1 Å². The van der Waals surface area contributed by atoms with E-state index in [0.29, 0.717) is 40.5 Å². The van der Waals surface area contributed by atoms with Crippen molar-refractivity contribution < 1.29 is 33.6 Å². The lowest BCUT2D eigenvalue weighted by Gasteiger charge is -2.19. The summed E-state index contributed by atoms with van der Waals surface area (Å²) < 4.78 is 27.1. The lowest BCUT2D eigenvalue weighted by molar-refractivity contribution is 0.0730. The van der Waals surface area contributed by atoms with Gasteiger partial charge >= 0.3 is 5.97 Å². The number of aliphatic hydroxyl groups excluding tert-OH is 1. The summed E-state index contributed by atoms with van der Waals surface area (Å²) in [6, 6.07) is 17.5. The van der Waals surface area contributed by atoms with Crippen molar-refractivity contribution in [3.63, 3.8) is 0 Å². The van der Waals surface area contributed by atoms with Gasteiger partial charge in [0.1, 0.15) is 17.2 Å². The van der Waals surface area contributed by atoms with E-state index in [0.717, 1.165) is 5.56 Å². The van der Waals surface area contributed by atoms with Crippen molar-refractivity contribution >= 4 is 5.97 Å². The highest BCUT2D eigenvalue weighted by molar-refractivity contribution is 5.91. The first-order chi connectivity index (χ1) is 16.0. The fraction of sp³-hybridized carbons (Fsp3) is 0.269. The first-order valence-electron chi connectivity index (χ1n) is 10.4. The van der Waals surface area contributed by atoms with Gasteiger partial charge < -0.3 is 28.8 Å². The Labute approximate surface area is 193 Å². The van der Waals surface area contributed by atoms with Crippen molar-refractivity contribution in [2.75, 3.05) is 28.4 Å². The number of benzene rings is 3. The third-order valence-electron chi connectivity index (χ3n) is 5.17. The van der Waals surface area contributed by atoms with Gasteiger partial charge in [-0.1, -0.05) is 24.3 Å². The van der Waals surface area contributed by atoms with Gasteiger partial charge in [0.05, 0.1) is 40.1 Å². The lowest BCUT2D eigenvalue weighted by atomic mass is 9.99. The van der Waals surface area contributed by atoms with Crippen LogP contribution in [-0.2, 0) is 12.8 Å². The second kappa shape index (κ2) is 11.2. The third-order valence-corrected chi connectivity index (χ3v) is 5.17. The molecule has 33 heavy (non-hydrogen) atoms. The van der Waals surface area contributed by atoms with Crippen LogP contribution in [0, 0.1) is 0 Å². The summed E-state index contributed by atoms with van der Waals surface area (Å²) in [6.07, 6.45) is -0.236. The van der Waals surface area contributed by atoms with Crippen LogP contribution in [0.1, 0.15) is 21.5 Å². The van der Waals surface area contributed by atoms with E-state index in [-0.39, 0.29) is 12.2 Å². The molecule has 0 radical (unpaired) electrons. The minimum absolute atomic E-state index is 0.193. The van der Waals surface area contributed by atoms with Gasteiger partial charge in [-0.3, -0.25) is 0 Å². The Hall–Kier alpha value is -3.71. The van der Waals surface area contributed by atoms with Gasteiger partial charge in [0.2, 0.25) is 0 Å². The molecule has 3 aromatic carbocycles. The molecule has 0 heterocycles. The van der Waals surface area contributed by atoms with Crippen molar-refractivity contribution in [1.29, 1.82) is 0 Å². The standard InChI is InChI=1S/C26H28O7/c1-29-20-15-23(31-3)21(24(16-20)33-26(28)18-8-6-5-7-9-18)14-19(27)12-17-10-11-22(30-2)25(13-17)32-4/h5-11,13,15-16,19,27H,12,14H2,1-4H3/t19-/m1/s1. The summed E-state index contributed by atoms with van der Waals surface area (Å²) in [5.74, 6) is 1.88. The van der Waals surface area contributed by atoms with Crippen molar-refractivity contribution in [3.05, 3.63) is 77.4 Å². The third kappa shape index (κ3) is 5.96. The van der Waals surface area contributed by atoms with Crippen molar-refractivity contribution in [1.82, 2.24) is 0 Å². The van der Waals surface area contributed by atoms with Gasteiger partial charge in [0.15, 0.2) is 11.5 Å². The first-order valence-corrected chi connectivity index (χ1v) is 10.4. The number of methoxy groups -OCH3 is 4. The fourth-order valence-corrected chi connectivity index (χ4v) is 3.51. The van der Waals surface area contributed by atoms with Crippen LogP contribution in [0.15, 0.2) is 60.7 Å². The summed E-state index contributed by atoms with van der Waals surface area (Å²) >= 11 is 0. The van der Waals surface area contributed by atoms with Crippen LogP contribution in [0.4, 0.5) is 0 Å². The summed E-state index contributed by atoms with van der Waals surface area (Å²) in [5, 5.41) is 10.9. The number of carbonyl (C=O) groups is 1. The van der Waals surface area contributed by atoms with E-state index in [4.69, 9.17) is 23.7 Å². The van der Waals surface area contributed by atoms with Crippen LogP contribution in [0.2, 0.25) is 0 Å². The molecule has 0 fully saturated rings. The second-order valence-corrected chi connectivity index (χ2v) is 7.31. The number of hydrogen-bond acceptors (Lipinski definition) is 7. The van der Waals surface area contributed by atoms with Gasteiger partial charge in [-0.15, -0.1) is 0 Å². The first kappa shape index (κ1) is 23.9. The van der Waals surface area contributed by atoms with Crippen molar-refractivity contribution in [2.45, 2.75) is 18.9 Å². The van der Waals surface area contributed by atoms with Crippen LogP contribution in [-0.4, -0.2) is 45.6 Å². The lowest BCUT2D eigenvalue weighted by Crippen LogP contribution is -2.17. The molecule has 1 atom stereocenters. The Morgan fingerprint density at radius 1 is 0.758 bits per heavy atom. The van der Waals surface area contributed by atoms with Crippen LogP contribution in [0.5, 0.6) is 28.7 Å².